The molecule has 1 saturated heterocycles. The van der Waals surface area contributed by atoms with Crippen molar-refractivity contribution in [2.75, 3.05) is 23.9 Å². The van der Waals surface area contributed by atoms with Crippen molar-refractivity contribution in [3.05, 3.63) is 82.1 Å². The van der Waals surface area contributed by atoms with Crippen LogP contribution in [0.1, 0.15) is 11.3 Å². The molecule has 4 rings (SSSR count). The van der Waals surface area contributed by atoms with Crippen LogP contribution >= 0.6 is 28.1 Å². The summed E-state index contributed by atoms with van der Waals surface area (Å²) >= 11 is 8.75. The van der Waals surface area contributed by atoms with Gasteiger partial charge in [-0.25, -0.2) is 0 Å². The Morgan fingerprint density at radius 3 is 2.44 bits per heavy atom. The minimum Gasteiger partial charge on any atom is -0.378 e. The Morgan fingerprint density at radius 1 is 1.06 bits per heavy atom. The molecule has 8 heteroatoms. The molecule has 2 amide bonds. The first-order valence-electron chi connectivity index (χ1n) is 9.89. The lowest BCUT2D eigenvalue weighted by molar-refractivity contribution is -0.122. The first-order valence-corrected chi connectivity index (χ1v) is 11.1. The summed E-state index contributed by atoms with van der Waals surface area (Å²) in [7, 11) is 3.97. The lowest BCUT2D eigenvalue weighted by atomic mass is 10.1. The molecular formula is C24H21BrN4O2S. The molecule has 0 unspecified atom stereocenters. The van der Waals surface area contributed by atoms with E-state index < -0.39 is 11.8 Å². The van der Waals surface area contributed by atoms with Gasteiger partial charge in [-0.3, -0.25) is 19.8 Å². The lowest BCUT2D eigenvalue weighted by Crippen LogP contribution is -2.54. The first-order chi connectivity index (χ1) is 15.3. The SMILES string of the molecule is Cc1cc(Br)ccc1N1C(=O)/C(=C/c2cccn2-c2ccc(N(C)C)cc2)C(=O)NC1=S. The zero-order valence-electron chi connectivity index (χ0n) is 17.8. The van der Waals surface area contributed by atoms with Gasteiger partial charge in [0.1, 0.15) is 5.57 Å². The maximum Gasteiger partial charge on any atom is 0.270 e. The van der Waals surface area contributed by atoms with E-state index in [1.165, 1.54) is 4.90 Å². The molecule has 0 radical (unpaired) electrons. The highest BCUT2D eigenvalue weighted by molar-refractivity contribution is 9.10. The van der Waals surface area contributed by atoms with Crippen molar-refractivity contribution in [1.29, 1.82) is 0 Å². The minimum atomic E-state index is -0.512. The quantitative estimate of drug-likeness (QED) is 0.321. The second-order valence-electron chi connectivity index (χ2n) is 7.60. The Balaban J connectivity index is 1.73. The Morgan fingerprint density at radius 2 is 1.78 bits per heavy atom. The predicted octanol–water partition coefficient (Wildman–Crippen LogP) is 4.45. The fraction of sp³-hybridized carbons (Fsp3) is 0.125. The number of nitrogens with zero attached hydrogens (tertiary/aromatic N) is 3. The third kappa shape index (κ3) is 4.11. The van der Waals surface area contributed by atoms with Gasteiger partial charge in [-0.1, -0.05) is 15.9 Å². The van der Waals surface area contributed by atoms with E-state index in [0.717, 1.165) is 21.4 Å². The number of rotatable bonds is 4. The van der Waals surface area contributed by atoms with Crippen molar-refractivity contribution in [3.8, 4) is 5.69 Å². The average Bonchev–Trinajstić information content (AvgIpc) is 3.21. The van der Waals surface area contributed by atoms with Gasteiger partial charge in [0.2, 0.25) is 0 Å². The summed E-state index contributed by atoms with van der Waals surface area (Å²) in [6.07, 6.45) is 3.49. The number of benzene rings is 2. The number of halogens is 1. The lowest BCUT2D eigenvalue weighted by Gasteiger charge is -2.30. The Bertz CT molecular complexity index is 1260. The zero-order valence-corrected chi connectivity index (χ0v) is 20.2. The number of aryl methyl sites for hydroxylation is 1. The third-order valence-corrected chi connectivity index (χ3v) is 6.00. The van der Waals surface area contributed by atoms with Crippen LogP contribution in [0.4, 0.5) is 11.4 Å². The number of hydrogen-bond acceptors (Lipinski definition) is 4. The number of carbonyl (C=O) groups is 2. The zero-order chi connectivity index (χ0) is 23.0. The summed E-state index contributed by atoms with van der Waals surface area (Å²) < 4.78 is 2.82. The number of carbonyl (C=O) groups excluding carboxylic acids is 2. The number of nitrogens with one attached hydrogen (secondary N) is 1. The van der Waals surface area contributed by atoms with E-state index in [2.05, 4.69) is 21.2 Å². The van der Waals surface area contributed by atoms with Gasteiger partial charge in [-0.15, -0.1) is 0 Å². The van der Waals surface area contributed by atoms with Crippen molar-refractivity contribution in [1.82, 2.24) is 9.88 Å². The van der Waals surface area contributed by atoms with Crippen molar-refractivity contribution in [2.45, 2.75) is 6.92 Å². The normalized spacial score (nSPS) is 15.3. The molecule has 1 aliphatic heterocycles. The monoisotopic (exact) mass is 508 g/mol. The number of anilines is 2. The second-order valence-corrected chi connectivity index (χ2v) is 8.90. The van der Waals surface area contributed by atoms with Crippen molar-refractivity contribution in [3.63, 3.8) is 0 Å². The summed E-state index contributed by atoms with van der Waals surface area (Å²) in [4.78, 5) is 29.4. The van der Waals surface area contributed by atoms with Crippen LogP contribution in [-0.2, 0) is 9.59 Å². The molecule has 32 heavy (non-hydrogen) atoms. The predicted molar refractivity (Wildman–Crippen MR) is 135 cm³/mol. The molecule has 3 aromatic rings. The third-order valence-electron chi connectivity index (χ3n) is 5.22. The number of hydrogen-bond donors (Lipinski definition) is 1. The van der Waals surface area contributed by atoms with Gasteiger partial charge in [0.15, 0.2) is 5.11 Å². The van der Waals surface area contributed by atoms with Gasteiger partial charge >= 0.3 is 0 Å². The Kier molecular flexibility index (Phi) is 5.99. The van der Waals surface area contributed by atoms with Crippen LogP contribution in [0.25, 0.3) is 11.8 Å². The van der Waals surface area contributed by atoms with Crippen LogP contribution in [0.15, 0.2) is 70.8 Å². The standard InChI is InChI=1S/C24H21BrN4O2S/c1-15-13-16(25)6-11-21(15)29-23(31)20(22(30)26-24(29)32)14-19-5-4-12-28(19)18-9-7-17(8-10-18)27(2)3/h4-14H,1-3H3,(H,26,30,32)/b20-14+. The van der Waals surface area contributed by atoms with E-state index in [0.29, 0.717) is 11.4 Å². The highest BCUT2D eigenvalue weighted by Crippen LogP contribution is 2.28. The Hall–Kier alpha value is -3.23. The van der Waals surface area contributed by atoms with E-state index in [-0.39, 0.29) is 10.7 Å². The molecule has 0 atom stereocenters. The maximum absolute atomic E-state index is 13.4. The highest BCUT2D eigenvalue weighted by atomic mass is 79.9. The molecule has 1 aliphatic rings. The molecule has 6 nitrogen and oxygen atoms in total. The topological polar surface area (TPSA) is 57.6 Å². The van der Waals surface area contributed by atoms with Gasteiger partial charge < -0.3 is 9.47 Å². The summed E-state index contributed by atoms with van der Waals surface area (Å²) in [6.45, 7) is 1.89. The number of aromatic nitrogens is 1. The van der Waals surface area contributed by atoms with E-state index in [9.17, 15) is 9.59 Å². The smallest absolute Gasteiger partial charge is 0.270 e. The van der Waals surface area contributed by atoms with E-state index >= 15 is 0 Å². The van der Waals surface area contributed by atoms with Crippen LogP contribution in [-0.4, -0.2) is 35.6 Å². The summed E-state index contributed by atoms with van der Waals surface area (Å²) in [5.41, 5.74) is 4.22. The van der Waals surface area contributed by atoms with Crippen molar-refractivity contribution >= 4 is 62.5 Å². The molecule has 1 fully saturated rings. The highest BCUT2D eigenvalue weighted by Gasteiger charge is 2.35. The van der Waals surface area contributed by atoms with Crippen LogP contribution < -0.4 is 15.1 Å². The minimum absolute atomic E-state index is 0.0192. The van der Waals surface area contributed by atoms with Gasteiger partial charge in [-0.2, -0.15) is 0 Å². The molecule has 1 aromatic heterocycles. The molecule has 2 aromatic carbocycles. The molecular weight excluding hydrogens is 488 g/mol. The van der Waals surface area contributed by atoms with Crippen LogP contribution in [0.3, 0.4) is 0 Å². The molecule has 0 bridgehead atoms. The first kappa shape index (κ1) is 22.0. The molecule has 1 N–H and O–H groups in total. The van der Waals surface area contributed by atoms with Crippen LogP contribution in [0.5, 0.6) is 0 Å². The van der Waals surface area contributed by atoms with E-state index in [1.54, 1.807) is 12.1 Å². The largest absolute Gasteiger partial charge is 0.378 e. The summed E-state index contributed by atoms with van der Waals surface area (Å²) in [6, 6.07) is 17.3. The van der Waals surface area contributed by atoms with Crippen molar-refractivity contribution < 1.29 is 9.59 Å². The van der Waals surface area contributed by atoms with Crippen LogP contribution in [0, 0.1) is 6.92 Å². The van der Waals surface area contributed by atoms with E-state index in [4.69, 9.17) is 12.2 Å². The molecule has 162 valence electrons. The molecule has 0 spiro atoms. The fourth-order valence-corrected chi connectivity index (χ4v) is 4.30. The summed E-state index contributed by atoms with van der Waals surface area (Å²) in [5, 5.41) is 2.71. The van der Waals surface area contributed by atoms with Gasteiger partial charge in [-0.05, 0) is 85.4 Å². The summed E-state index contributed by atoms with van der Waals surface area (Å²) in [5.74, 6) is -0.971. The Labute approximate surface area is 200 Å². The molecule has 0 saturated carbocycles. The number of thiocarbonyl (C=S) groups is 1. The average molecular weight is 509 g/mol. The maximum atomic E-state index is 13.4. The van der Waals surface area contributed by atoms with E-state index in [1.807, 2.05) is 85.2 Å². The van der Waals surface area contributed by atoms with Gasteiger partial charge in [0.05, 0.1) is 5.69 Å². The van der Waals surface area contributed by atoms with Gasteiger partial charge in [0.25, 0.3) is 11.8 Å². The fourth-order valence-electron chi connectivity index (χ4n) is 3.55. The van der Waals surface area contributed by atoms with Crippen LogP contribution in [0.2, 0.25) is 0 Å². The number of amides is 2. The molecule has 0 aliphatic carbocycles. The van der Waals surface area contributed by atoms with Crippen molar-refractivity contribution in [2.24, 2.45) is 0 Å². The second kappa shape index (κ2) is 8.72. The van der Waals surface area contributed by atoms with Gasteiger partial charge in [0, 0.05) is 41.8 Å². The molecule has 2 heterocycles.